The second-order valence-electron chi connectivity index (χ2n) is 9.16. The highest BCUT2D eigenvalue weighted by Crippen LogP contribution is 2.38. The molecular weight excluding hydrogens is 484 g/mol. The molecule has 2 aromatic carbocycles. The lowest BCUT2D eigenvalue weighted by molar-refractivity contribution is -0.119. The summed E-state index contributed by atoms with van der Waals surface area (Å²) in [5.41, 5.74) is 5.14. The van der Waals surface area contributed by atoms with Crippen molar-refractivity contribution in [3.63, 3.8) is 0 Å². The van der Waals surface area contributed by atoms with Gasteiger partial charge in [-0.1, -0.05) is 61.4 Å². The minimum absolute atomic E-state index is 0.149. The van der Waals surface area contributed by atoms with Crippen LogP contribution in [0.4, 0.5) is 5.69 Å². The quantitative estimate of drug-likeness (QED) is 0.273. The van der Waals surface area contributed by atoms with Crippen LogP contribution in [0.3, 0.4) is 0 Å². The van der Waals surface area contributed by atoms with E-state index in [9.17, 15) is 9.59 Å². The van der Waals surface area contributed by atoms with E-state index in [1.54, 1.807) is 18.3 Å². The molecule has 1 aliphatic rings. The van der Waals surface area contributed by atoms with Crippen LogP contribution in [0.25, 0.3) is 16.8 Å². The standard InChI is InChI=1S/C31H29ClN2O3/c1-3-22(28-19-24(32)13-16-26(28)29-6-4-5-17-33-29)10-7-20(2)27(18-21-8-9-21)30(35)34-25-14-11-23(12-15-25)31(36)37/h3-7,10-17,19,21,27H,2,8-9,18H2,1H3,(H,34,35)(H,36,37)/b10-7-,22-3+. The number of pyridine rings is 1. The van der Waals surface area contributed by atoms with E-state index < -0.39 is 11.9 Å². The van der Waals surface area contributed by atoms with E-state index in [1.807, 2.05) is 61.5 Å². The monoisotopic (exact) mass is 512 g/mol. The van der Waals surface area contributed by atoms with E-state index in [4.69, 9.17) is 16.7 Å². The molecule has 3 aromatic rings. The number of hydrogen-bond donors (Lipinski definition) is 2. The van der Waals surface area contributed by atoms with Crippen LogP contribution in [0.2, 0.25) is 5.02 Å². The van der Waals surface area contributed by atoms with E-state index in [0.29, 0.717) is 22.2 Å². The summed E-state index contributed by atoms with van der Waals surface area (Å²) in [6.45, 7) is 6.20. The molecule has 1 atom stereocenters. The first kappa shape index (κ1) is 26.1. The van der Waals surface area contributed by atoms with Crippen LogP contribution < -0.4 is 5.32 Å². The Morgan fingerprint density at radius 1 is 1.14 bits per heavy atom. The number of benzene rings is 2. The third kappa shape index (κ3) is 6.83. The summed E-state index contributed by atoms with van der Waals surface area (Å²) in [6, 6.07) is 17.7. The molecule has 4 rings (SSSR count). The fourth-order valence-electron chi connectivity index (χ4n) is 4.19. The number of amides is 1. The van der Waals surface area contributed by atoms with Gasteiger partial charge in [-0.2, -0.15) is 0 Å². The van der Waals surface area contributed by atoms with Gasteiger partial charge in [-0.3, -0.25) is 9.78 Å². The van der Waals surface area contributed by atoms with Crippen molar-refractivity contribution in [1.82, 2.24) is 4.98 Å². The number of nitrogens with one attached hydrogen (secondary N) is 1. The van der Waals surface area contributed by atoms with Crippen molar-refractivity contribution >= 4 is 34.7 Å². The maximum atomic E-state index is 13.2. The highest BCUT2D eigenvalue weighted by atomic mass is 35.5. The van der Waals surface area contributed by atoms with Crippen LogP contribution in [0.5, 0.6) is 0 Å². The number of carboxylic acids is 1. The summed E-state index contributed by atoms with van der Waals surface area (Å²) < 4.78 is 0. The van der Waals surface area contributed by atoms with Gasteiger partial charge in [0.15, 0.2) is 0 Å². The Labute approximate surface area is 222 Å². The minimum atomic E-state index is -1.01. The Hall–Kier alpha value is -3.96. The van der Waals surface area contributed by atoms with E-state index in [2.05, 4.69) is 16.9 Å². The summed E-state index contributed by atoms with van der Waals surface area (Å²) in [5.74, 6) is -1.03. The maximum Gasteiger partial charge on any atom is 0.335 e. The van der Waals surface area contributed by atoms with E-state index in [1.165, 1.54) is 12.1 Å². The number of nitrogens with zero attached hydrogens (tertiary/aromatic N) is 1. The molecule has 0 spiro atoms. The second kappa shape index (κ2) is 11.8. The molecule has 0 radical (unpaired) electrons. The van der Waals surface area contributed by atoms with Crippen molar-refractivity contribution in [2.45, 2.75) is 26.2 Å². The van der Waals surface area contributed by atoms with Gasteiger partial charge in [0.1, 0.15) is 0 Å². The van der Waals surface area contributed by atoms with Crippen molar-refractivity contribution in [1.29, 1.82) is 0 Å². The number of halogens is 1. The topological polar surface area (TPSA) is 79.3 Å². The molecule has 1 fully saturated rings. The molecular formula is C31H29ClN2O3. The number of anilines is 1. The Bertz CT molecular complexity index is 1360. The highest BCUT2D eigenvalue weighted by molar-refractivity contribution is 6.31. The molecule has 0 bridgehead atoms. The van der Waals surface area contributed by atoms with Crippen LogP contribution in [0.15, 0.2) is 97.2 Å². The van der Waals surface area contributed by atoms with Gasteiger partial charge < -0.3 is 10.4 Å². The molecule has 0 saturated heterocycles. The van der Waals surface area contributed by atoms with Gasteiger partial charge >= 0.3 is 5.97 Å². The molecule has 5 nitrogen and oxygen atoms in total. The maximum absolute atomic E-state index is 13.2. The lowest BCUT2D eigenvalue weighted by Crippen LogP contribution is -2.24. The molecule has 6 heteroatoms. The SMILES string of the molecule is C=C(/C=C\C(=C/C)c1cc(Cl)ccc1-c1ccccn1)C(CC1CC1)C(=O)Nc1ccc(C(=O)O)cc1. The normalized spacial score (nSPS) is 14.4. The highest BCUT2D eigenvalue weighted by Gasteiger charge is 2.30. The molecule has 1 aliphatic carbocycles. The first-order valence-corrected chi connectivity index (χ1v) is 12.6. The molecule has 1 heterocycles. The zero-order valence-electron chi connectivity index (χ0n) is 20.7. The number of hydrogen-bond acceptors (Lipinski definition) is 3. The Morgan fingerprint density at radius 2 is 1.89 bits per heavy atom. The van der Waals surface area contributed by atoms with Crippen LogP contribution in [0.1, 0.15) is 42.1 Å². The van der Waals surface area contributed by atoms with Gasteiger partial charge in [0.2, 0.25) is 5.91 Å². The molecule has 1 unspecified atom stereocenters. The molecule has 0 aliphatic heterocycles. The smallest absolute Gasteiger partial charge is 0.335 e. The van der Waals surface area contributed by atoms with Crippen LogP contribution in [-0.4, -0.2) is 22.0 Å². The average molecular weight is 513 g/mol. The molecule has 1 amide bonds. The Kier molecular flexibility index (Phi) is 8.36. The summed E-state index contributed by atoms with van der Waals surface area (Å²) in [5, 5.41) is 12.7. The Morgan fingerprint density at radius 3 is 2.51 bits per heavy atom. The number of aromatic nitrogens is 1. The number of rotatable bonds is 10. The largest absolute Gasteiger partial charge is 0.478 e. The predicted octanol–water partition coefficient (Wildman–Crippen LogP) is 7.67. The van der Waals surface area contributed by atoms with Gasteiger partial charge in [0.25, 0.3) is 0 Å². The summed E-state index contributed by atoms with van der Waals surface area (Å²) in [7, 11) is 0. The van der Waals surface area contributed by atoms with Crippen LogP contribution >= 0.6 is 11.6 Å². The molecule has 1 aromatic heterocycles. The van der Waals surface area contributed by atoms with Crippen molar-refractivity contribution in [3.8, 4) is 11.3 Å². The van der Waals surface area contributed by atoms with E-state index >= 15 is 0 Å². The van der Waals surface area contributed by atoms with E-state index in [0.717, 1.165) is 41.7 Å². The van der Waals surface area contributed by atoms with Gasteiger partial charge in [0, 0.05) is 22.5 Å². The lowest BCUT2D eigenvalue weighted by atomic mass is 9.91. The van der Waals surface area contributed by atoms with E-state index in [-0.39, 0.29) is 11.5 Å². The molecule has 188 valence electrons. The first-order chi connectivity index (χ1) is 17.9. The minimum Gasteiger partial charge on any atom is -0.478 e. The van der Waals surface area contributed by atoms with Crippen molar-refractivity contribution in [3.05, 3.63) is 113 Å². The Balaban J connectivity index is 1.55. The van der Waals surface area contributed by atoms with Crippen LogP contribution in [-0.2, 0) is 4.79 Å². The first-order valence-electron chi connectivity index (χ1n) is 12.2. The summed E-state index contributed by atoms with van der Waals surface area (Å²) in [4.78, 5) is 28.9. The van der Waals surface area contributed by atoms with Gasteiger partial charge in [-0.15, -0.1) is 0 Å². The lowest BCUT2D eigenvalue weighted by Gasteiger charge is -2.18. The predicted molar refractivity (Wildman–Crippen MR) is 149 cm³/mol. The zero-order valence-corrected chi connectivity index (χ0v) is 21.4. The number of carbonyl (C=O) groups is 2. The number of carboxylic acid groups (broad SMARTS) is 1. The molecule has 1 saturated carbocycles. The van der Waals surface area contributed by atoms with Crippen molar-refractivity contribution < 1.29 is 14.7 Å². The molecule has 37 heavy (non-hydrogen) atoms. The average Bonchev–Trinajstić information content (AvgIpc) is 3.73. The van der Waals surface area contributed by atoms with Gasteiger partial charge in [-0.05, 0) is 84.5 Å². The third-order valence-corrected chi connectivity index (χ3v) is 6.69. The van der Waals surface area contributed by atoms with Gasteiger partial charge in [0.05, 0.1) is 17.2 Å². The van der Waals surface area contributed by atoms with Crippen LogP contribution in [0, 0.1) is 11.8 Å². The third-order valence-electron chi connectivity index (χ3n) is 6.45. The second-order valence-corrected chi connectivity index (χ2v) is 9.60. The summed E-state index contributed by atoms with van der Waals surface area (Å²) >= 11 is 6.35. The van der Waals surface area contributed by atoms with Crippen molar-refractivity contribution in [2.75, 3.05) is 5.32 Å². The fraction of sp³-hybridized carbons (Fsp3) is 0.194. The number of carbonyl (C=O) groups excluding carboxylic acids is 1. The molecule has 2 N–H and O–H groups in total. The summed E-state index contributed by atoms with van der Waals surface area (Å²) in [6.07, 6.45) is 10.6. The fourth-order valence-corrected chi connectivity index (χ4v) is 4.37. The van der Waals surface area contributed by atoms with Crippen molar-refractivity contribution in [2.24, 2.45) is 11.8 Å². The zero-order chi connectivity index (χ0) is 26.4. The van der Waals surface area contributed by atoms with Gasteiger partial charge in [-0.25, -0.2) is 4.79 Å². The number of allylic oxidation sites excluding steroid dienone is 4. The number of aromatic carboxylic acids is 1.